The fraction of sp³-hybridized carbons (Fsp3) is 0.579. The molecule has 0 saturated heterocycles. The van der Waals surface area contributed by atoms with E-state index in [4.69, 9.17) is 4.74 Å². The molecular formula is C19H30N2O3. The normalized spacial score (nSPS) is 11.0. The molecule has 1 aromatic rings. The van der Waals surface area contributed by atoms with Gasteiger partial charge in [0.05, 0.1) is 7.11 Å². The summed E-state index contributed by atoms with van der Waals surface area (Å²) in [4.78, 5) is 26.5. The minimum atomic E-state index is -1.05. The Bertz CT molecular complexity index is 538. The molecule has 1 rings (SSSR count). The van der Waals surface area contributed by atoms with Gasteiger partial charge in [0, 0.05) is 20.1 Å². The SMILES string of the molecule is CCCCN(C)C(=O)C(C)(C)C(=O)NCCc1ccc(OC)cc1. The van der Waals surface area contributed by atoms with Crippen LogP contribution >= 0.6 is 0 Å². The molecule has 0 aliphatic heterocycles. The smallest absolute Gasteiger partial charge is 0.237 e. The zero-order valence-corrected chi connectivity index (χ0v) is 15.5. The maximum Gasteiger partial charge on any atom is 0.237 e. The molecule has 24 heavy (non-hydrogen) atoms. The number of carbonyl (C=O) groups excluding carboxylic acids is 2. The summed E-state index contributed by atoms with van der Waals surface area (Å²) in [6.45, 7) is 6.62. The molecule has 134 valence electrons. The van der Waals surface area contributed by atoms with Crippen molar-refractivity contribution in [2.24, 2.45) is 5.41 Å². The summed E-state index contributed by atoms with van der Waals surface area (Å²) in [6, 6.07) is 7.74. The quantitative estimate of drug-likeness (QED) is 0.706. The second-order valence-corrected chi connectivity index (χ2v) is 6.56. The average molecular weight is 334 g/mol. The van der Waals surface area contributed by atoms with Crippen LogP contribution in [0.15, 0.2) is 24.3 Å². The Morgan fingerprint density at radius 2 is 1.83 bits per heavy atom. The van der Waals surface area contributed by atoms with Crippen molar-refractivity contribution in [2.75, 3.05) is 27.2 Å². The number of rotatable bonds is 9. The van der Waals surface area contributed by atoms with Crippen LogP contribution in [0, 0.1) is 5.41 Å². The molecule has 1 N–H and O–H groups in total. The third-order valence-corrected chi connectivity index (χ3v) is 4.15. The molecule has 1 aromatic carbocycles. The van der Waals surface area contributed by atoms with Gasteiger partial charge >= 0.3 is 0 Å². The van der Waals surface area contributed by atoms with E-state index >= 15 is 0 Å². The average Bonchev–Trinajstić information content (AvgIpc) is 2.59. The van der Waals surface area contributed by atoms with Crippen molar-refractivity contribution in [3.63, 3.8) is 0 Å². The first-order chi connectivity index (χ1) is 11.3. The summed E-state index contributed by atoms with van der Waals surface area (Å²) >= 11 is 0. The monoisotopic (exact) mass is 334 g/mol. The lowest BCUT2D eigenvalue weighted by molar-refractivity contribution is -0.147. The fourth-order valence-electron chi connectivity index (χ4n) is 2.40. The topological polar surface area (TPSA) is 58.6 Å². The number of ether oxygens (including phenoxy) is 1. The van der Waals surface area contributed by atoms with Gasteiger partial charge in [-0.2, -0.15) is 0 Å². The van der Waals surface area contributed by atoms with Crippen molar-refractivity contribution in [2.45, 2.75) is 40.0 Å². The Labute approximate surface area is 145 Å². The number of methoxy groups -OCH3 is 1. The van der Waals surface area contributed by atoms with Gasteiger partial charge in [-0.15, -0.1) is 0 Å². The van der Waals surface area contributed by atoms with Gasteiger partial charge in [-0.25, -0.2) is 0 Å². The molecule has 0 aromatic heterocycles. The number of hydrogen-bond acceptors (Lipinski definition) is 3. The zero-order chi connectivity index (χ0) is 18.2. The molecule has 0 unspecified atom stereocenters. The Morgan fingerprint density at radius 1 is 1.21 bits per heavy atom. The highest BCUT2D eigenvalue weighted by Gasteiger charge is 2.37. The minimum absolute atomic E-state index is 0.141. The Hall–Kier alpha value is -2.04. The minimum Gasteiger partial charge on any atom is -0.497 e. The maximum absolute atomic E-state index is 12.5. The van der Waals surface area contributed by atoms with Crippen LogP contribution in [0.5, 0.6) is 5.75 Å². The van der Waals surface area contributed by atoms with E-state index in [0.29, 0.717) is 19.5 Å². The van der Waals surface area contributed by atoms with Crippen LogP contribution in [0.25, 0.3) is 0 Å². The molecule has 0 radical (unpaired) electrons. The summed E-state index contributed by atoms with van der Waals surface area (Å²) in [5, 5.41) is 2.87. The van der Waals surface area contributed by atoms with Crippen LogP contribution in [0.1, 0.15) is 39.2 Å². The van der Waals surface area contributed by atoms with E-state index < -0.39 is 5.41 Å². The summed E-state index contributed by atoms with van der Waals surface area (Å²) < 4.78 is 5.12. The Morgan fingerprint density at radius 3 is 2.38 bits per heavy atom. The number of hydrogen-bond donors (Lipinski definition) is 1. The van der Waals surface area contributed by atoms with Crippen LogP contribution in [0.3, 0.4) is 0 Å². The van der Waals surface area contributed by atoms with Gasteiger partial charge in [0.15, 0.2) is 0 Å². The predicted octanol–water partition coefficient (Wildman–Crippen LogP) is 2.64. The predicted molar refractivity (Wildman–Crippen MR) is 96.0 cm³/mol. The molecule has 5 nitrogen and oxygen atoms in total. The first kappa shape index (κ1) is 20.0. The summed E-state index contributed by atoms with van der Waals surface area (Å²) in [7, 11) is 3.39. The highest BCUT2D eigenvalue weighted by molar-refractivity contribution is 6.04. The molecule has 0 aliphatic carbocycles. The molecule has 2 amide bonds. The molecule has 0 spiro atoms. The zero-order valence-electron chi connectivity index (χ0n) is 15.5. The largest absolute Gasteiger partial charge is 0.497 e. The van der Waals surface area contributed by atoms with Gasteiger partial charge in [0.1, 0.15) is 11.2 Å². The van der Waals surface area contributed by atoms with Crippen molar-refractivity contribution < 1.29 is 14.3 Å². The van der Waals surface area contributed by atoms with Gasteiger partial charge in [0.25, 0.3) is 0 Å². The third kappa shape index (κ3) is 5.55. The van der Waals surface area contributed by atoms with E-state index in [0.717, 1.165) is 24.2 Å². The standard InChI is InChI=1S/C19H30N2O3/c1-6-7-14-21(4)18(23)19(2,3)17(22)20-13-12-15-8-10-16(24-5)11-9-15/h8-11H,6-7,12-14H2,1-5H3,(H,20,22). The summed E-state index contributed by atoms with van der Waals surface area (Å²) in [5.41, 5.74) is 0.0582. The van der Waals surface area contributed by atoms with E-state index in [1.165, 1.54) is 0 Å². The molecule has 0 aliphatic rings. The van der Waals surface area contributed by atoms with Crippen LogP contribution in [0.2, 0.25) is 0 Å². The van der Waals surface area contributed by atoms with E-state index in [1.54, 1.807) is 32.9 Å². The first-order valence-corrected chi connectivity index (χ1v) is 8.49. The fourth-order valence-corrected chi connectivity index (χ4v) is 2.40. The van der Waals surface area contributed by atoms with E-state index in [9.17, 15) is 9.59 Å². The number of nitrogens with zero attached hydrogens (tertiary/aromatic N) is 1. The van der Waals surface area contributed by atoms with Gasteiger partial charge in [-0.05, 0) is 44.4 Å². The molecule has 0 bridgehead atoms. The molecule has 0 saturated carbocycles. The highest BCUT2D eigenvalue weighted by atomic mass is 16.5. The van der Waals surface area contributed by atoms with Crippen molar-refractivity contribution >= 4 is 11.8 Å². The number of nitrogens with one attached hydrogen (secondary N) is 1. The second kappa shape index (κ2) is 9.30. The Balaban J connectivity index is 2.51. The first-order valence-electron chi connectivity index (χ1n) is 8.49. The van der Waals surface area contributed by atoms with E-state index in [2.05, 4.69) is 12.2 Å². The van der Waals surface area contributed by atoms with Crippen molar-refractivity contribution in [3.05, 3.63) is 29.8 Å². The highest BCUT2D eigenvalue weighted by Crippen LogP contribution is 2.19. The number of unbranched alkanes of at least 4 members (excludes halogenated alkanes) is 1. The van der Waals surface area contributed by atoms with Gasteiger partial charge in [-0.3, -0.25) is 9.59 Å². The number of carbonyl (C=O) groups is 2. The summed E-state index contributed by atoms with van der Waals surface area (Å²) in [6.07, 6.45) is 2.68. The van der Waals surface area contributed by atoms with Crippen LogP contribution < -0.4 is 10.1 Å². The lowest BCUT2D eigenvalue weighted by Crippen LogP contribution is -2.49. The molecule has 0 fully saturated rings. The summed E-state index contributed by atoms with van der Waals surface area (Å²) in [5.74, 6) is 0.437. The van der Waals surface area contributed by atoms with Gasteiger partial charge < -0.3 is 15.0 Å². The Kier molecular flexibility index (Phi) is 7.75. The van der Waals surface area contributed by atoms with E-state index in [1.807, 2.05) is 24.3 Å². The molecule has 0 heterocycles. The van der Waals surface area contributed by atoms with Crippen molar-refractivity contribution in [1.29, 1.82) is 0 Å². The third-order valence-electron chi connectivity index (χ3n) is 4.15. The van der Waals surface area contributed by atoms with Crippen molar-refractivity contribution in [3.8, 4) is 5.75 Å². The lowest BCUT2D eigenvalue weighted by atomic mass is 9.90. The van der Waals surface area contributed by atoms with Crippen molar-refractivity contribution in [1.82, 2.24) is 10.2 Å². The van der Waals surface area contributed by atoms with Crippen LogP contribution in [-0.4, -0.2) is 44.0 Å². The van der Waals surface area contributed by atoms with Crippen LogP contribution in [-0.2, 0) is 16.0 Å². The van der Waals surface area contributed by atoms with Gasteiger partial charge in [-0.1, -0.05) is 25.5 Å². The molecular weight excluding hydrogens is 304 g/mol. The number of benzene rings is 1. The maximum atomic E-state index is 12.5. The number of amides is 2. The van der Waals surface area contributed by atoms with Gasteiger partial charge in [0.2, 0.25) is 11.8 Å². The van der Waals surface area contributed by atoms with E-state index in [-0.39, 0.29) is 11.8 Å². The lowest BCUT2D eigenvalue weighted by Gasteiger charge is -2.28. The second-order valence-electron chi connectivity index (χ2n) is 6.56. The van der Waals surface area contributed by atoms with Crippen LogP contribution in [0.4, 0.5) is 0 Å². The molecule has 5 heteroatoms. The molecule has 0 atom stereocenters.